The molecule has 0 aliphatic heterocycles. The molecule has 11 nitrogen and oxygen atoms in total. The number of thiophene rings is 1. The van der Waals surface area contributed by atoms with Crippen molar-refractivity contribution in [3.63, 3.8) is 0 Å². The first kappa shape index (κ1) is 30.8. The maximum Gasteiger partial charge on any atom is 0.407 e. The van der Waals surface area contributed by atoms with E-state index < -0.39 is 17.5 Å². The van der Waals surface area contributed by atoms with Gasteiger partial charge in [0.05, 0.1) is 45.4 Å². The molecule has 2 aliphatic rings. The number of hydrogen-bond donors (Lipinski definition) is 5. The van der Waals surface area contributed by atoms with E-state index >= 15 is 0 Å². The van der Waals surface area contributed by atoms with Crippen molar-refractivity contribution in [2.75, 3.05) is 3.53 Å². The van der Waals surface area contributed by atoms with Crippen molar-refractivity contribution >= 4 is 68.6 Å². The molecule has 0 bridgehead atoms. The molecule has 0 radical (unpaired) electrons. The van der Waals surface area contributed by atoms with Crippen LogP contribution in [0.1, 0.15) is 67.8 Å². The number of nitrogens with one attached hydrogen (secondary N) is 4. The molecule has 2 atom stereocenters. The van der Waals surface area contributed by atoms with Gasteiger partial charge in [-0.1, -0.05) is 0 Å². The quantitative estimate of drug-likeness (QED) is 0.112. The van der Waals surface area contributed by atoms with Crippen LogP contribution in [0.15, 0.2) is 23.2 Å². The maximum absolute atomic E-state index is 14.1. The normalized spacial score (nSPS) is 21.8. The number of halogens is 2. The van der Waals surface area contributed by atoms with E-state index in [-0.39, 0.29) is 47.6 Å². The van der Waals surface area contributed by atoms with E-state index in [1.54, 1.807) is 27.7 Å². The Labute approximate surface area is 255 Å². The Morgan fingerprint density at radius 1 is 1.12 bits per heavy atom. The van der Waals surface area contributed by atoms with Gasteiger partial charge in [-0.2, -0.15) is 0 Å². The van der Waals surface area contributed by atoms with Crippen molar-refractivity contribution in [1.82, 2.24) is 16.0 Å². The molecule has 1 aromatic heterocycles. The summed E-state index contributed by atoms with van der Waals surface area (Å²) < 4.78 is 28.4. The molecule has 1 heterocycles. The number of amides is 3. The number of nitrogens with zero attached hydrogens (tertiary/aromatic N) is 1. The number of aliphatic imine (C=N–C) groups is 1. The fourth-order valence-electron chi connectivity index (χ4n) is 4.42. The summed E-state index contributed by atoms with van der Waals surface area (Å²) >= 11 is 3.20. The Morgan fingerprint density at radius 3 is 2.44 bits per heavy atom. The van der Waals surface area contributed by atoms with Gasteiger partial charge in [-0.3, -0.25) is 9.59 Å². The summed E-state index contributed by atoms with van der Waals surface area (Å²) in [5.74, 6) is -0.497. The van der Waals surface area contributed by atoms with Crippen LogP contribution in [0.5, 0.6) is 5.75 Å². The van der Waals surface area contributed by atoms with Gasteiger partial charge >= 0.3 is 6.09 Å². The SMILES string of the molecule is CC(=O)NC1CC(Oc2cc(F)ccc2N=C(N)c2c(NI)sc(C(=O)N[C@H]3C[C@@H]3NC(=O)OC(C)(C)C)c2C)C1. The second-order valence-electron chi connectivity index (χ2n) is 11.1. The van der Waals surface area contributed by atoms with E-state index in [1.165, 1.54) is 36.5 Å². The fourth-order valence-corrected chi connectivity index (χ4v) is 6.03. The Balaban J connectivity index is 1.46. The van der Waals surface area contributed by atoms with Gasteiger partial charge in [0.2, 0.25) is 5.91 Å². The van der Waals surface area contributed by atoms with Crippen molar-refractivity contribution < 1.29 is 28.2 Å². The number of ether oxygens (including phenoxy) is 2. The first-order valence-corrected chi connectivity index (χ1v) is 15.0. The molecule has 41 heavy (non-hydrogen) atoms. The summed E-state index contributed by atoms with van der Waals surface area (Å²) in [5, 5.41) is 9.18. The Morgan fingerprint density at radius 2 is 1.80 bits per heavy atom. The predicted molar refractivity (Wildman–Crippen MR) is 164 cm³/mol. The lowest BCUT2D eigenvalue weighted by atomic mass is 9.89. The zero-order valence-electron chi connectivity index (χ0n) is 23.4. The van der Waals surface area contributed by atoms with Crippen LogP contribution in [0.2, 0.25) is 0 Å². The summed E-state index contributed by atoms with van der Waals surface area (Å²) in [6, 6.07) is 3.62. The molecule has 3 amide bonds. The number of alkyl carbamates (subject to hydrolysis) is 1. The number of hydrogen-bond acceptors (Lipinski definition) is 8. The first-order valence-electron chi connectivity index (χ1n) is 13.1. The molecule has 0 spiro atoms. The molecule has 4 rings (SSSR count). The van der Waals surface area contributed by atoms with Gasteiger partial charge in [-0.25, -0.2) is 14.2 Å². The van der Waals surface area contributed by atoms with Crippen LogP contribution >= 0.6 is 34.2 Å². The van der Waals surface area contributed by atoms with Crippen molar-refractivity contribution in [3.8, 4) is 5.75 Å². The summed E-state index contributed by atoms with van der Waals surface area (Å²) in [6.07, 6.45) is 1.10. The van der Waals surface area contributed by atoms with Crippen LogP contribution in [0, 0.1) is 12.7 Å². The van der Waals surface area contributed by atoms with Crippen LogP contribution in [-0.2, 0) is 9.53 Å². The molecular formula is C27H34FIN6O5S. The van der Waals surface area contributed by atoms with Crippen LogP contribution in [0.3, 0.4) is 0 Å². The number of carbonyl (C=O) groups is 3. The number of nitrogens with two attached hydrogens (primary N) is 1. The first-order chi connectivity index (χ1) is 19.2. The molecule has 14 heteroatoms. The Bertz CT molecular complexity index is 1370. The molecule has 6 N–H and O–H groups in total. The molecule has 222 valence electrons. The third-order valence-electron chi connectivity index (χ3n) is 6.46. The highest BCUT2D eigenvalue weighted by Crippen LogP contribution is 2.37. The minimum Gasteiger partial charge on any atom is -0.488 e. The Kier molecular flexibility index (Phi) is 9.31. The van der Waals surface area contributed by atoms with E-state index in [0.717, 1.165) is 0 Å². The van der Waals surface area contributed by atoms with E-state index in [9.17, 15) is 18.8 Å². The topological polar surface area (TPSA) is 156 Å². The van der Waals surface area contributed by atoms with Crippen LogP contribution < -0.4 is 30.0 Å². The molecule has 2 saturated carbocycles. The molecule has 1 aromatic carbocycles. The zero-order chi connectivity index (χ0) is 30.1. The van der Waals surface area contributed by atoms with Gasteiger partial charge in [0.15, 0.2) is 0 Å². The van der Waals surface area contributed by atoms with Gasteiger partial charge in [0, 0.05) is 31.9 Å². The van der Waals surface area contributed by atoms with Crippen LogP contribution in [0.4, 0.5) is 19.9 Å². The van der Waals surface area contributed by atoms with Gasteiger partial charge in [-0.05, 0) is 51.8 Å². The summed E-state index contributed by atoms with van der Waals surface area (Å²) in [5.41, 5.74) is 7.36. The third kappa shape index (κ3) is 7.99. The fraction of sp³-hybridized carbons (Fsp3) is 0.481. The standard InChI is InChI=1S/C27H34FIN6O5S/c1-12-21(23(30)32-17-7-6-14(28)8-20(17)39-16-9-15(10-16)31-13(2)36)25(35-29)41-22(12)24(37)33-18-11-19(18)34-26(38)40-27(3,4)5/h6-8,15-16,18-19,35H,9-11H2,1-5H3,(H2,30,32)(H,31,36)(H,33,37)(H,34,38)/t15?,16?,18-,19-/m0/s1. The number of rotatable bonds is 9. The highest BCUT2D eigenvalue weighted by molar-refractivity contribution is 14.1. The number of benzene rings is 1. The number of amidine groups is 1. The Hall–Kier alpha value is -3.14. The second-order valence-corrected chi connectivity index (χ2v) is 12.7. The molecule has 0 saturated heterocycles. The third-order valence-corrected chi connectivity index (χ3v) is 8.57. The van der Waals surface area contributed by atoms with E-state index in [2.05, 4.69) is 24.5 Å². The smallest absolute Gasteiger partial charge is 0.407 e. The van der Waals surface area contributed by atoms with E-state index in [4.69, 9.17) is 15.2 Å². The number of carbonyl (C=O) groups excluding carboxylic acids is 3. The van der Waals surface area contributed by atoms with Gasteiger partial charge in [0.1, 0.15) is 39.8 Å². The zero-order valence-corrected chi connectivity index (χ0v) is 26.4. The molecule has 2 fully saturated rings. The molecule has 2 aliphatic carbocycles. The van der Waals surface area contributed by atoms with Gasteiger partial charge in [0.25, 0.3) is 5.91 Å². The minimum atomic E-state index is -0.610. The van der Waals surface area contributed by atoms with E-state index in [1.807, 2.05) is 22.9 Å². The molecule has 2 aromatic rings. The van der Waals surface area contributed by atoms with Crippen LogP contribution in [-0.4, -0.2) is 53.6 Å². The van der Waals surface area contributed by atoms with Crippen molar-refractivity contribution in [3.05, 3.63) is 40.0 Å². The lowest BCUT2D eigenvalue weighted by Crippen LogP contribution is -2.48. The van der Waals surface area contributed by atoms with Crippen molar-refractivity contribution in [1.29, 1.82) is 0 Å². The van der Waals surface area contributed by atoms with Crippen molar-refractivity contribution in [2.45, 2.75) is 83.7 Å². The lowest BCUT2D eigenvalue weighted by Gasteiger charge is -2.35. The van der Waals surface area contributed by atoms with Crippen LogP contribution in [0.25, 0.3) is 0 Å². The average molecular weight is 701 g/mol. The van der Waals surface area contributed by atoms with Gasteiger partial charge in [-0.15, -0.1) is 11.3 Å². The highest BCUT2D eigenvalue weighted by atomic mass is 127. The second kappa shape index (κ2) is 12.4. The largest absolute Gasteiger partial charge is 0.488 e. The predicted octanol–water partition coefficient (Wildman–Crippen LogP) is 4.44. The van der Waals surface area contributed by atoms with Crippen molar-refractivity contribution in [2.24, 2.45) is 10.7 Å². The summed E-state index contributed by atoms with van der Waals surface area (Å²) in [6.45, 7) is 8.59. The average Bonchev–Trinajstić information content (AvgIpc) is 3.45. The number of anilines is 1. The van der Waals surface area contributed by atoms with E-state index in [0.29, 0.717) is 46.0 Å². The molecular weight excluding hydrogens is 666 g/mol. The lowest BCUT2D eigenvalue weighted by molar-refractivity contribution is -0.120. The summed E-state index contributed by atoms with van der Waals surface area (Å²) in [7, 11) is 0. The minimum absolute atomic E-state index is 0.0254. The molecule has 0 unspecified atom stereocenters. The maximum atomic E-state index is 14.1. The highest BCUT2D eigenvalue weighted by Gasteiger charge is 2.41. The van der Waals surface area contributed by atoms with Gasteiger partial charge < -0.3 is 34.7 Å². The summed E-state index contributed by atoms with van der Waals surface area (Å²) in [4.78, 5) is 41.4. The monoisotopic (exact) mass is 700 g/mol.